The van der Waals surface area contributed by atoms with Crippen molar-refractivity contribution >= 4 is 5.97 Å². The van der Waals surface area contributed by atoms with E-state index in [1.54, 1.807) is 0 Å². The Labute approximate surface area is 92.6 Å². The molecule has 0 aliphatic rings. The van der Waals surface area contributed by atoms with Crippen LogP contribution in [0.25, 0.3) is 0 Å². The topological polar surface area (TPSA) is 55.8 Å². The van der Waals surface area contributed by atoms with E-state index in [2.05, 4.69) is 4.74 Å². The monoisotopic (exact) mass is 228 g/mol. The van der Waals surface area contributed by atoms with E-state index < -0.39 is 11.8 Å². The van der Waals surface area contributed by atoms with Crippen LogP contribution in [0.3, 0.4) is 0 Å². The van der Waals surface area contributed by atoms with Crippen molar-refractivity contribution < 1.29 is 23.8 Å². The van der Waals surface area contributed by atoms with Gasteiger partial charge in [-0.3, -0.25) is 4.79 Å². The fourth-order valence-electron chi connectivity index (χ4n) is 1.15. The van der Waals surface area contributed by atoms with Gasteiger partial charge >= 0.3 is 5.97 Å². The Balaban J connectivity index is 2.53. The second kappa shape index (κ2) is 6.07. The lowest BCUT2D eigenvalue weighted by Crippen LogP contribution is -2.07. The molecule has 1 aromatic carbocycles. The molecule has 0 unspecified atom stereocenters. The van der Waals surface area contributed by atoms with Gasteiger partial charge in [0, 0.05) is 6.07 Å². The third kappa shape index (κ3) is 3.86. The highest BCUT2D eigenvalue weighted by atomic mass is 19.1. The summed E-state index contributed by atoms with van der Waals surface area (Å²) in [6.07, 6.45) is 0.0987. The minimum Gasteiger partial charge on any atom is -0.493 e. The highest BCUT2D eigenvalue weighted by Gasteiger charge is 2.03. The molecule has 0 fully saturated rings. The van der Waals surface area contributed by atoms with Crippen LogP contribution in [-0.2, 0) is 16.1 Å². The minimum absolute atomic E-state index is 0.0987. The number of aliphatic hydroxyl groups excluding tert-OH is 1. The van der Waals surface area contributed by atoms with Gasteiger partial charge in [0.15, 0.2) is 0 Å². The number of carbonyl (C=O) groups is 1. The lowest BCUT2D eigenvalue weighted by molar-refractivity contribution is -0.141. The van der Waals surface area contributed by atoms with Gasteiger partial charge in [0.1, 0.15) is 11.6 Å². The van der Waals surface area contributed by atoms with Crippen molar-refractivity contribution in [3.63, 3.8) is 0 Å². The Bertz CT molecular complexity index is 365. The van der Waals surface area contributed by atoms with Gasteiger partial charge in [-0.2, -0.15) is 0 Å². The smallest absolute Gasteiger partial charge is 0.308 e. The van der Waals surface area contributed by atoms with Crippen LogP contribution in [0.2, 0.25) is 0 Å². The van der Waals surface area contributed by atoms with Crippen molar-refractivity contribution in [3.05, 3.63) is 29.6 Å². The Morgan fingerprint density at radius 1 is 1.44 bits per heavy atom. The van der Waals surface area contributed by atoms with Gasteiger partial charge in [-0.1, -0.05) is 0 Å². The summed E-state index contributed by atoms with van der Waals surface area (Å²) in [6.45, 7) is -0.147. The summed E-state index contributed by atoms with van der Waals surface area (Å²) >= 11 is 0. The molecule has 0 atom stereocenters. The number of benzene rings is 1. The van der Waals surface area contributed by atoms with E-state index in [-0.39, 0.29) is 25.4 Å². The summed E-state index contributed by atoms with van der Waals surface area (Å²) in [4.78, 5) is 10.8. The van der Waals surface area contributed by atoms with Crippen molar-refractivity contribution in [2.24, 2.45) is 0 Å². The molecule has 0 spiro atoms. The van der Waals surface area contributed by atoms with Crippen LogP contribution >= 0.6 is 0 Å². The highest BCUT2D eigenvalue weighted by Crippen LogP contribution is 2.16. The average molecular weight is 228 g/mol. The minimum atomic E-state index is -0.486. The first kappa shape index (κ1) is 12.4. The average Bonchev–Trinajstić information content (AvgIpc) is 2.28. The normalized spacial score (nSPS) is 9.94. The van der Waals surface area contributed by atoms with E-state index in [0.717, 1.165) is 0 Å². The zero-order valence-electron chi connectivity index (χ0n) is 8.90. The molecule has 0 saturated heterocycles. The molecule has 0 aliphatic carbocycles. The number of ether oxygens (including phenoxy) is 2. The van der Waals surface area contributed by atoms with E-state index in [1.165, 1.54) is 25.3 Å². The summed E-state index contributed by atoms with van der Waals surface area (Å²) in [5.41, 5.74) is 0.424. The molecule has 4 nitrogen and oxygen atoms in total. The number of methoxy groups -OCH3 is 1. The highest BCUT2D eigenvalue weighted by molar-refractivity contribution is 5.69. The van der Waals surface area contributed by atoms with Gasteiger partial charge in [0.25, 0.3) is 0 Å². The molecule has 1 N–H and O–H groups in total. The molecule has 88 valence electrons. The molecule has 1 rings (SSSR count). The fraction of sp³-hybridized carbons (Fsp3) is 0.364. The summed E-state index contributed by atoms with van der Waals surface area (Å²) < 4.78 is 22.6. The first-order chi connectivity index (χ1) is 7.65. The molecule has 0 aliphatic heterocycles. The Hall–Kier alpha value is -1.62. The standard InChI is InChI=1S/C11H13FO4/c1-15-11(14)2-3-16-10-5-8(7-13)4-9(12)6-10/h4-6,13H,2-3,7H2,1H3. The van der Waals surface area contributed by atoms with Crippen molar-refractivity contribution in [3.8, 4) is 5.75 Å². The maximum atomic E-state index is 13.0. The van der Waals surface area contributed by atoms with E-state index in [9.17, 15) is 9.18 Å². The molecule has 0 heterocycles. The van der Waals surface area contributed by atoms with Crippen LogP contribution < -0.4 is 4.74 Å². The molecule has 0 radical (unpaired) electrons. The molecule has 0 amide bonds. The van der Waals surface area contributed by atoms with Gasteiger partial charge in [-0.05, 0) is 17.7 Å². The van der Waals surface area contributed by atoms with Crippen molar-refractivity contribution in [1.82, 2.24) is 0 Å². The number of esters is 1. The second-order valence-corrected chi connectivity index (χ2v) is 3.13. The number of halogens is 1. The van der Waals surface area contributed by atoms with Gasteiger partial charge < -0.3 is 14.6 Å². The zero-order valence-corrected chi connectivity index (χ0v) is 8.90. The molecular weight excluding hydrogens is 215 g/mol. The lowest BCUT2D eigenvalue weighted by Gasteiger charge is -2.07. The molecular formula is C11H13FO4. The van der Waals surface area contributed by atoms with E-state index >= 15 is 0 Å². The predicted octanol–water partition coefficient (Wildman–Crippen LogP) is 1.26. The van der Waals surface area contributed by atoms with Gasteiger partial charge in [0.2, 0.25) is 0 Å². The van der Waals surface area contributed by atoms with Gasteiger partial charge in [-0.25, -0.2) is 4.39 Å². The zero-order chi connectivity index (χ0) is 12.0. The van der Waals surface area contributed by atoms with E-state index in [4.69, 9.17) is 9.84 Å². The number of hydrogen-bond donors (Lipinski definition) is 1. The summed E-state index contributed by atoms with van der Waals surface area (Å²) in [5.74, 6) is -0.591. The predicted molar refractivity (Wildman–Crippen MR) is 54.5 cm³/mol. The van der Waals surface area contributed by atoms with Crippen LogP contribution in [0.15, 0.2) is 18.2 Å². The van der Waals surface area contributed by atoms with Gasteiger partial charge in [0.05, 0.1) is 26.7 Å². The van der Waals surface area contributed by atoms with Crippen LogP contribution in [0, 0.1) is 5.82 Å². The quantitative estimate of drug-likeness (QED) is 0.771. The fourth-order valence-corrected chi connectivity index (χ4v) is 1.15. The Morgan fingerprint density at radius 2 is 2.19 bits per heavy atom. The molecule has 0 saturated carbocycles. The molecule has 0 aromatic heterocycles. The van der Waals surface area contributed by atoms with E-state index in [0.29, 0.717) is 5.56 Å². The number of rotatable bonds is 5. The lowest BCUT2D eigenvalue weighted by atomic mass is 10.2. The van der Waals surface area contributed by atoms with Crippen molar-refractivity contribution in [2.75, 3.05) is 13.7 Å². The van der Waals surface area contributed by atoms with Gasteiger partial charge in [-0.15, -0.1) is 0 Å². The van der Waals surface area contributed by atoms with Crippen LogP contribution in [-0.4, -0.2) is 24.8 Å². The summed E-state index contributed by atoms with van der Waals surface area (Å²) in [7, 11) is 1.29. The third-order valence-electron chi connectivity index (χ3n) is 1.92. The molecule has 1 aromatic rings. The third-order valence-corrected chi connectivity index (χ3v) is 1.92. The Kier molecular flexibility index (Phi) is 4.72. The number of aliphatic hydroxyl groups is 1. The maximum absolute atomic E-state index is 13.0. The number of carbonyl (C=O) groups excluding carboxylic acids is 1. The number of hydrogen-bond acceptors (Lipinski definition) is 4. The summed E-state index contributed by atoms with van der Waals surface area (Å²) in [5, 5.41) is 8.84. The SMILES string of the molecule is COC(=O)CCOc1cc(F)cc(CO)c1. The van der Waals surface area contributed by atoms with Crippen molar-refractivity contribution in [2.45, 2.75) is 13.0 Å². The maximum Gasteiger partial charge on any atom is 0.308 e. The van der Waals surface area contributed by atoms with Crippen molar-refractivity contribution in [1.29, 1.82) is 0 Å². The van der Waals surface area contributed by atoms with Crippen LogP contribution in [0.5, 0.6) is 5.75 Å². The van der Waals surface area contributed by atoms with Crippen LogP contribution in [0.4, 0.5) is 4.39 Å². The van der Waals surface area contributed by atoms with E-state index in [1.807, 2.05) is 0 Å². The molecule has 5 heteroatoms. The largest absolute Gasteiger partial charge is 0.493 e. The summed E-state index contributed by atoms with van der Waals surface area (Å²) in [6, 6.07) is 3.92. The molecule has 0 bridgehead atoms. The second-order valence-electron chi connectivity index (χ2n) is 3.13. The Morgan fingerprint density at radius 3 is 2.81 bits per heavy atom. The molecule has 16 heavy (non-hydrogen) atoms. The van der Waals surface area contributed by atoms with Crippen LogP contribution in [0.1, 0.15) is 12.0 Å². The first-order valence-electron chi connectivity index (χ1n) is 4.75. The first-order valence-corrected chi connectivity index (χ1v) is 4.75.